The molecule has 232 valence electrons. The van der Waals surface area contributed by atoms with E-state index in [2.05, 4.69) is 0 Å². The fourth-order valence-corrected chi connectivity index (χ4v) is 3.49. The molecule has 0 aliphatic carbocycles. The Morgan fingerprint density at radius 3 is 1.59 bits per heavy atom. The van der Waals surface area contributed by atoms with Crippen molar-refractivity contribution in [3.63, 3.8) is 0 Å². The van der Waals surface area contributed by atoms with Crippen molar-refractivity contribution in [3.05, 3.63) is 90.0 Å². The van der Waals surface area contributed by atoms with Crippen LogP contribution in [0.15, 0.2) is 78.9 Å². The third-order valence-corrected chi connectivity index (χ3v) is 6.35. The van der Waals surface area contributed by atoms with E-state index in [0.29, 0.717) is 12.2 Å². The molecule has 0 saturated carbocycles. The van der Waals surface area contributed by atoms with Gasteiger partial charge < -0.3 is 23.7 Å². The highest BCUT2D eigenvalue weighted by Crippen LogP contribution is 2.21. The Bertz CT molecular complexity index is 1430. The molecule has 0 saturated heterocycles. The summed E-state index contributed by atoms with van der Waals surface area (Å²) in [5.41, 5.74) is -0.0857. The van der Waals surface area contributed by atoms with Crippen molar-refractivity contribution >= 4 is 29.8 Å². The topological polar surface area (TPSA) is 132 Å². The van der Waals surface area contributed by atoms with Crippen molar-refractivity contribution in [1.82, 2.24) is 0 Å². The molecule has 0 spiro atoms. The standard InChI is InChI=1S/C34H36O10/c1-5-23(2)31(37)41-22-34(3,4)21-40-29(35)19-20-30(36)42-27-15-17-28(18-16-27)44-33(39)25-13-11-24(12-14-25)32(38)43-26-9-7-6-8-10-26/h6-18,23H,5,19-22H2,1-4H3. The second kappa shape index (κ2) is 16.0. The Morgan fingerprint density at radius 2 is 1.07 bits per heavy atom. The van der Waals surface area contributed by atoms with Gasteiger partial charge in [0.2, 0.25) is 0 Å². The van der Waals surface area contributed by atoms with E-state index < -0.39 is 29.3 Å². The quantitative estimate of drug-likeness (QED) is 0.160. The van der Waals surface area contributed by atoms with Gasteiger partial charge in [-0.3, -0.25) is 14.4 Å². The van der Waals surface area contributed by atoms with Gasteiger partial charge in [-0.25, -0.2) is 9.59 Å². The molecular formula is C34H36O10. The van der Waals surface area contributed by atoms with Crippen molar-refractivity contribution in [3.8, 4) is 17.2 Å². The summed E-state index contributed by atoms with van der Waals surface area (Å²) in [6.07, 6.45) is 0.294. The zero-order chi connectivity index (χ0) is 32.1. The average Bonchev–Trinajstić information content (AvgIpc) is 3.02. The Hall–Kier alpha value is -4.99. The fourth-order valence-electron chi connectivity index (χ4n) is 3.49. The molecule has 3 aromatic rings. The van der Waals surface area contributed by atoms with Crippen LogP contribution >= 0.6 is 0 Å². The fraction of sp³-hybridized carbons (Fsp3) is 0.324. The summed E-state index contributed by atoms with van der Waals surface area (Å²) in [6, 6.07) is 20.3. The van der Waals surface area contributed by atoms with E-state index in [-0.39, 0.29) is 60.6 Å². The molecule has 3 aromatic carbocycles. The van der Waals surface area contributed by atoms with Crippen molar-refractivity contribution in [1.29, 1.82) is 0 Å². The predicted molar refractivity (Wildman–Crippen MR) is 159 cm³/mol. The number of benzene rings is 3. The van der Waals surface area contributed by atoms with Crippen molar-refractivity contribution in [2.45, 2.75) is 47.0 Å². The normalized spacial score (nSPS) is 11.5. The molecule has 10 heteroatoms. The summed E-state index contributed by atoms with van der Waals surface area (Å²) in [6.45, 7) is 7.43. The number of carbonyl (C=O) groups excluding carboxylic acids is 5. The molecule has 0 N–H and O–H groups in total. The number of hydrogen-bond donors (Lipinski definition) is 0. The first kappa shape index (κ1) is 33.5. The maximum Gasteiger partial charge on any atom is 0.343 e. The maximum atomic E-state index is 12.5. The van der Waals surface area contributed by atoms with Crippen LogP contribution in [0.1, 0.15) is 67.7 Å². The van der Waals surface area contributed by atoms with Gasteiger partial charge in [-0.2, -0.15) is 0 Å². The van der Waals surface area contributed by atoms with Crippen LogP contribution in [0.3, 0.4) is 0 Å². The predicted octanol–water partition coefficient (Wildman–Crippen LogP) is 5.97. The van der Waals surface area contributed by atoms with Gasteiger partial charge >= 0.3 is 29.8 Å². The van der Waals surface area contributed by atoms with Crippen molar-refractivity contribution in [2.24, 2.45) is 11.3 Å². The van der Waals surface area contributed by atoms with Crippen molar-refractivity contribution in [2.75, 3.05) is 13.2 Å². The van der Waals surface area contributed by atoms with Gasteiger partial charge in [0.25, 0.3) is 0 Å². The van der Waals surface area contributed by atoms with Gasteiger partial charge in [-0.15, -0.1) is 0 Å². The van der Waals surface area contributed by atoms with Gasteiger partial charge in [0.15, 0.2) is 0 Å². The van der Waals surface area contributed by atoms with Crippen LogP contribution in [0.2, 0.25) is 0 Å². The Balaban J connectivity index is 1.39. The minimum absolute atomic E-state index is 0.0276. The Morgan fingerprint density at radius 1 is 0.614 bits per heavy atom. The first-order chi connectivity index (χ1) is 21.0. The highest BCUT2D eigenvalue weighted by molar-refractivity contribution is 5.95. The maximum absolute atomic E-state index is 12.5. The van der Waals surface area contributed by atoms with Crippen LogP contribution in [0.5, 0.6) is 17.2 Å². The molecular weight excluding hydrogens is 568 g/mol. The molecule has 3 rings (SSSR count). The van der Waals surface area contributed by atoms with E-state index in [1.807, 2.05) is 13.0 Å². The molecule has 0 heterocycles. The Kier molecular flexibility index (Phi) is 12.2. The second-order valence-corrected chi connectivity index (χ2v) is 10.9. The lowest BCUT2D eigenvalue weighted by Gasteiger charge is -2.24. The Labute approximate surface area is 256 Å². The largest absolute Gasteiger partial charge is 0.465 e. The highest BCUT2D eigenvalue weighted by atomic mass is 16.6. The summed E-state index contributed by atoms with van der Waals surface area (Å²) in [5.74, 6) is -2.09. The lowest BCUT2D eigenvalue weighted by atomic mass is 9.96. The van der Waals surface area contributed by atoms with Gasteiger partial charge in [0.05, 0.1) is 43.1 Å². The van der Waals surface area contributed by atoms with E-state index in [1.54, 1.807) is 45.0 Å². The minimum atomic E-state index is -0.645. The van der Waals surface area contributed by atoms with E-state index >= 15 is 0 Å². The number of ether oxygens (including phenoxy) is 5. The second-order valence-electron chi connectivity index (χ2n) is 10.9. The molecule has 1 unspecified atom stereocenters. The highest BCUT2D eigenvalue weighted by Gasteiger charge is 2.24. The molecule has 0 aromatic heterocycles. The lowest BCUT2D eigenvalue weighted by molar-refractivity contribution is -0.156. The monoisotopic (exact) mass is 604 g/mol. The summed E-state index contributed by atoms with van der Waals surface area (Å²) >= 11 is 0. The zero-order valence-corrected chi connectivity index (χ0v) is 25.2. The van der Waals surface area contributed by atoms with Crippen molar-refractivity contribution < 1.29 is 47.7 Å². The number of hydrogen-bond acceptors (Lipinski definition) is 10. The molecule has 0 fully saturated rings. The van der Waals surface area contributed by atoms with E-state index in [9.17, 15) is 24.0 Å². The van der Waals surface area contributed by atoms with Crippen LogP contribution in [0, 0.1) is 11.3 Å². The van der Waals surface area contributed by atoms with Crippen LogP contribution in [0.25, 0.3) is 0 Å². The number of rotatable bonds is 14. The van der Waals surface area contributed by atoms with Gasteiger partial charge in [0.1, 0.15) is 17.2 Å². The summed E-state index contributed by atoms with van der Waals surface area (Å²) in [7, 11) is 0. The smallest absolute Gasteiger partial charge is 0.343 e. The van der Waals surface area contributed by atoms with Crippen LogP contribution in [0.4, 0.5) is 0 Å². The lowest BCUT2D eigenvalue weighted by Crippen LogP contribution is -2.30. The summed E-state index contributed by atoms with van der Waals surface area (Å²) in [4.78, 5) is 61.0. The minimum Gasteiger partial charge on any atom is -0.465 e. The third kappa shape index (κ3) is 11.0. The number of carbonyl (C=O) groups is 5. The van der Waals surface area contributed by atoms with Crippen LogP contribution in [-0.4, -0.2) is 43.1 Å². The van der Waals surface area contributed by atoms with Gasteiger partial charge in [0, 0.05) is 5.41 Å². The first-order valence-electron chi connectivity index (χ1n) is 14.2. The zero-order valence-electron chi connectivity index (χ0n) is 25.2. The third-order valence-electron chi connectivity index (χ3n) is 6.35. The molecule has 0 bridgehead atoms. The molecule has 0 aliphatic rings. The van der Waals surface area contributed by atoms with Crippen LogP contribution in [-0.2, 0) is 23.9 Å². The number of para-hydroxylation sites is 1. The van der Waals surface area contributed by atoms with E-state index in [1.165, 1.54) is 48.5 Å². The van der Waals surface area contributed by atoms with Gasteiger partial charge in [-0.05, 0) is 67.1 Å². The van der Waals surface area contributed by atoms with E-state index in [4.69, 9.17) is 23.7 Å². The molecule has 44 heavy (non-hydrogen) atoms. The molecule has 0 aliphatic heterocycles. The SMILES string of the molecule is CCC(C)C(=O)OCC(C)(C)COC(=O)CCC(=O)Oc1ccc(OC(=O)c2ccc(C(=O)Oc3ccccc3)cc2)cc1. The summed E-state index contributed by atoms with van der Waals surface area (Å²) < 4.78 is 26.4. The van der Waals surface area contributed by atoms with Crippen LogP contribution < -0.4 is 14.2 Å². The average molecular weight is 605 g/mol. The molecule has 0 radical (unpaired) electrons. The summed E-state index contributed by atoms with van der Waals surface area (Å²) in [5, 5.41) is 0. The molecule has 1 atom stereocenters. The van der Waals surface area contributed by atoms with Gasteiger partial charge in [-0.1, -0.05) is 45.9 Å². The molecule has 10 nitrogen and oxygen atoms in total. The van der Waals surface area contributed by atoms with E-state index in [0.717, 1.165) is 0 Å². The first-order valence-corrected chi connectivity index (χ1v) is 14.2. The number of esters is 5. The molecule has 0 amide bonds.